The zero-order chi connectivity index (χ0) is 11.8. The minimum absolute atomic E-state index is 0.328. The fourth-order valence-electron chi connectivity index (χ4n) is 1.21. The van der Waals surface area contributed by atoms with Crippen molar-refractivity contribution in [3.63, 3.8) is 0 Å². The first kappa shape index (κ1) is 11.3. The van der Waals surface area contributed by atoms with Gasteiger partial charge in [0.25, 0.3) is 0 Å². The Morgan fingerprint density at radius 1 is 1.50 bits per heavy atom. The lowest BCUT2D eigenvalue weighted by Gasteiger charge is -2.07. The van der Waals surface area contributed by atoms with Gasteiger partial charge in [-0.2, -0.15) is 0 Å². The Bertz CT molecular complexity index is 564. The van der Waals surface area contributed by atoms with Gasteiger partial charge in [0, 0.05) is 0 Å². The summed E-state index contributed by atoms with van der Waals surface area (Å²) in [6, 6.07) is 5.12. The van der Waals surface area contributed by atoms with Crippen molar-refractivity contribution in [1.29, 1.82) is 0 Å². The smallest absolute Gasteiger partial charge is 0.362 e. The zero-order valence-corrected chi connectivity index (χ0v) is 9.74. The molecule has 0 amide bonds. The van der Waals surface area contributed by atoms with E-state index < -0.39 is 13.9 Å². The van der Waals surface area contributed by atoms with Gasteiger partial charge in [0.1, 0.15) is 11.3 Å². The number of nitrogens with zero attached hydrogens (tertiary/aromatic N) is 1. The van der Waals surface area contributed by atoms with E-state index in [1.807, 2.05) is 6.07 Å². The van der Waals surface area contributed by atoms with Crippen molar-refractivity contribution in [2.45, 2.75) is 0 Å². The largest absolute Gasteiger partial charge is 0.479 e. The fourth-order valence-corrected chi connectivity index (χ4v) is 2.27. The molecule has 0 fully saturated rings. The van der Waals surface area contributed by atoms with E-state index in [0.717, 1.165) is 4.70 Å². The van der Waals surface area contributed by atoms with Gasteiger partial charge < -0.3 is 20.3 Å². The molecule has 0 aliphatic rings. The van der Waals surface area contributed by atoms with Crippen molar-refractivity contribution in [1.82, 2.24) is 4.98 Å². The summed E-state index contributed by atoms with van der Waals surface area (Å²) in [6.45, 7) is 0. The third-order valence-corrected chi connectivity index (χ3v) is 3.10. The predicted molar refractivity (Wildman–Crippen MR) is 61.6 cm³/mol. The van der Waals surface area contributed by atoms with E-state index in [1.54, 1.807) is 12.1 Å². The van der Waals surface area contributed by atoms with Gasteiger partial charge in [0.15, 0.2) is 11.5 Å². The highest BCUT2D eigenvalue weighted by molar-refractivity contribution is 7.51. The molecule has 1 aromatic carbocycles. The van der Waals surface area contributed by atoms with Gasteiger partial charge in [0.2, 0.25) is 0 Å². The van der Waals surface area contributed by atoms with Crippen LogP contribution in [0.25, 0.3) is 10.2 Å². The highest BCUT2D eigenvalue weighted by Crippen LogP contribution is 2.37. The molecule has 0 unspecified atom stereocenters. The second kappa shape index (κ2) is 4.03. The SMILES string of the molecule is Nc1nc2c(OCP(=O)(O)O)cccc2s1. The maximum absolute atomic E-state index is 10.7. The predicted octanol–water partition coefficient (Wildman–Crippen LogP) is 1.39. The van der Waals surface area contributed by atoms with Crippen LogP contribution in [0.4, 0.5) is 5.13 Å². The van der Waals surface area contributed by atoms with E-state index in [2.05, 4.69) is 4.98 Å². The van der Waals surface area contributed by atoms with Crippen molar-refractivity contribution in [3.8, 4) is 5.75 Å². The van der Waals surface area contributed by atoms with E-state index in [4.69, 9.17) is 20.3 Å². The molecular weight excluding hydrogens is 251 g/mol. The molecule has 16 heavy (non-hydrogen) atoms. The number of ether oxygens (including phenoxy) is 1. The van der Waals surface area contributed by atoms with Gasteiger partial charge in [-0.05, 0) is 12.1 Å². The Balaban J connectivity index is 2.33. The van der Waals surface area contributed by atoms with Crippen molar-refractivity contribution in [2.24, 2.45) is 0 Å². The molecule has 0 saturated carbocycles. The van der Waals surface area contributed by atoms with Gasteiger partial charge in [-0.15, -0.1) is 0 Å². The molecule has 0 saturated heterocycles. The molecule has 1 aromatic heterocycles. The van der Waals surface area contributed by atoms with E-state index in [0.29, 0.717) is 16.4 Å². The standard InChI is InChI=1S/C8H9N2O4PS/c9-8-10-7-5(14-4-15(11,12)13)2-1-3-6(7)16-8/h1-3H,4H2,(H2,9,10)(H2,11,12,13). The van der Waals surface area contributed by atoms with Gasteiger partial charge >= 0.3 is 7.60 Å². The van der Waals surface area contributed by atoms with Gasteiger partial charge in [-0.3, -0.25) is 4.57 Å². The number of anilines is 1. The topological polar surface area (TPSA) is 106 Å². The van der Waals surface area contributed by atoms with Crippen LogP contribution >= 0.6 is 18.9 Å². The number of hydrogen-bond acceptors (Lipinski definition) is 5. The highest BCUT2D eigenvalue weighted by atomic mass is 32.1. The van der Waals surface area contributed by atoms with Gasteiger partial charge in [-0.25, -0.2) is 4.98 Å². The molecule has 6 nitrogen and oxygen atoms in total. The number of benzene rings is 1. The first-order valence-electron chi connectivity index (χ1n) is 4.28. The molecule has 86 valence electrons. The molecule has 2 aromatic rings. The molecule has 0 radical (unpaired) electrons. The second-order valence-corrected chi connectivity index (χ2v) is 5.74. The van der Waals surface area contributed by atoms with Crippen LogP contribution in [0.3, 0.4) is 0 Å². The third kappa shape index (κ3) is 2.51. The third-order valence-electron chi connectivity index (χ3n) is 1.79. The Hall–Kier alpha value is -1.14. The van der Waals surface area contributed by atoms with Crippen LogP contribution in [0.1, 0.15) is 0 Å². The van der Waals surface area contributed by atoms with Crippen molar-refractivity contribution < 1.29 is 19.1 Å². The van der Waals surface area contributed by atoms with E-state index in [-0.39, 0.29) is 0 Å². The fraction of sp³-hybridized carbons (Fsp3) is 0.125. The Labute approximate surface area is 94.8 Å². The van der Waals surface area contributed by atoms with E-state index in [1.165, 1.54) is 11.3 Å². The van der Waals surface area contributed by atoms with E-state index in [9.17, 15) is 4.57 Å². The Morgan fingerprint density at radius 3 is 2.94 bits per heavy atom. The normalized spacial score (nSPS) is 11.9. The van der Waals surface area contributed by atoms with Gasteiger partial charge in [-0.1, -0.05) is 17.4 Å². The molecular formula is C8H9N2O4PS. The summed E-state index contributed by atoms with van der Waals surface area (Å²) in [5.74, 6) is 0.328. The first-order valence-corrected chi connectivity index (χ1v) is 6.89. The monoisotopic (exact) mass is 260 g/mol. The van der Waals surface area contributed by atoms with Crippen LogP contribution < -0.4 is 10.5 Å². The first-order chi connectivity index (χ1) is 7.46. The number of fused-ring (bicyclic) bond motifs is 1. The lowest BCUT2D eigenvalue weighted by Crippen LogP contribution is -1.98. The van der Waals surface area contributed by atoms with Crippen LogP contribution in [0.2, 0.25) is 0 Å². The molecule has 8 heteroatoms. The molecule has 0 atom stereocenters. The summed E-state index contributed by atoms with van der Waals surface area (Å²) in [5, 5.41) is 0.391. The summed E-state index contributed by atoms with van der Waals surface area (Å²) < 4.78 is 16.5. The number of aromatic nitrogens is 1. The maximum Gasteiger partial charge on any atom is 0.362 e. The summed E-state index contributed by atoms with van der Waals surface area (Å²) >= 11 is 1.29. The summed E-state index contributed by atoms with van der Waals surface area (Å²) in [6.07, 6.45) is -0.663. The maximum atomic E-state index is 10.7. The Morgan fingerprint density at radius 2 is 2.25 bits per heavy atom. The average molecular weight is 260 g/mol. The van der Waals surface area contributed by atoms with Crippen LogP contribution in [0, 0.1) is 0 Å². The second-order valence-electron chi connectivity index (χ2n) is 3.09. The van der Waals surface area contributed by atoms with Crippen LogP contribution in [-0.2, 0) is 4.57 Å². The van der Waals surface area contributed by atoms with Crippen molar-refractivity contribution >= 4 is 34.3 Å². The lowest BCUT2D eigenvalue weighted by atomic mass is 10.3. The quantitative estimate of drug-likeness (QED) is 0.720. The number of nitrogens with two attached hydrogens (primary N) is 1. The molecule has 1 heterocycles. The molecule has 0 bridgehead atoms. The average Bonchev–Trinajstić information content (AvgIpc) is 2.54. The molecule has 0 aliphatic carbocycles. The molecule has 0 spiro atoms. The summed E-state index contributed by atoms with van der Waals surface area (Å²) in [7, 11) is -4.18. The molecule has 0 aliphatic heterocycles. The van der Waals surface area contributed by atoms with Crippen LogP contribution in [0.15, 0.2) is 18.2 Å². The van der Waals surface area contributed by atoms with Crippen LogP contribution in [-0.4, -0.2) is 21.1 Å². The summed E-state index contributed by atoms with van der Waals surface area (Å²) in [5.41, 5.74) is 6.07. The van der Waals surface area contributed by atoms with Gasteiger partial charge in [0.05, 0.1) is 4.70 Å². The lowest BCUT2D eigenvalue weighted by molar-refractivity contribution is 0.302. The van der Waals surface area contributed by atoms with Crippen molar-refractivity contribution in [2.75, 3.05) is 12.1 Å². The highest BCUT2D eigenvalue weighted by Gasteiger charge is 2.15. The van der Waals surface area contributed by atoms with Crippen molar-refractivity contribution in [3.05, 3.63) is 18.2 Å². The number of thiazole rings is 1. The van der Waals surface area contributed by atoms with Crippen LogP contribution in [0.5, 0.6) is 5.75 Å². The molecule has 4 N–H and O–H groups in total. The van der Waals surface area contributed by atoms with E-state index >= 15 is 0 Å². The number of nitrogen functional groups attached to an aromatic ring is 1. The number of hydrogen-bond donors (Lipinski definition) is 3. The summed E-state index contributed by atoms with van der Waals surface area (Å²) in [4.78, 5) is 21.4. The minimum atomic E-state index is -4.18. The Kier molecular flexibility index (Phi) is 2.86. The number of para-hydroxylation sites is 1. The minimum Gasteiger partial charge on any atom is -0.479 e. The zero-order valence-electron chi connectivity index (χ0n) is 8.03. The number of rotatable bonds is 3. The molecule has 2 rings (SSSR count).